The molecule has 5 rings (SSSR count). The van der Waals surface area contributed by atoms with Gasteiger partial charge in [-0.25, -0.2) is 0 Å². The Morgan fingerprint density at radius 2 is 1.75 bits per heavy atom. The second kappa shape index (κ2) is 11.2. The topological polar surface area (TPSA) is 48.6 Å². The SMILES string of the molecule is CCN1CCN(C(=O)CC(c2ccc(OCc3ccccc3)cc2)c2c[nH]c3ccc(Cl)cc23)CC1. The Labute approximate surface area is 217 Å². The van der Waals surface area contributed by atoms with Gasteiger partial charge in [-0.2, -0.15) is 0 Å². The number of nitrogens with one attached hydrogen (secondary N) is 1. The van der Waals surface area contributed by atoms with Crippen molar-refractivity contribution < 1.29 is 9.53 Å². The molecule has 6 heteroatoms. The molecule has 1 aromatic heterocycles. The van der Waals surface area contributed by atoms with E-state index < -0.39 is 0 Å². The van der Waals surface area contributed by atoms with E-state index in [1.165, 1.54) is 0 Å². The molecule has 0 radical (unpaired) electrons. The minimum Gasteiger partial charge on any atom is -0.489 e. The molecule has 0 saturated carbocycles. The summed E-state index contributed by atoms with van der Waals surface area (Å²) in [7, 11) is 0. The van der Waals surface area contributed by atoms with Crippen molar-refractivity contribution in [2.45, 2.75) is 25.9 Å². The molecule has 186 valence electrons. The van der Waals surface area contributed by atoms with Crippen LogP contribution < -0.4 is 4.74 Å². The van der Waals surface area contributed by atoms with Gasteiger partial charge in [0.2, 0.25) is 5.91 Å². The van der Waals surface area contributed by atoms with E-state index in [0.717, 1.165) is 66.1 Å². The third-order valence-electron chi connectivity index (χ3n) is 7.13. The lowest BCUT2D eigenvalue weighted by Gasteiger charge is -2.34. The average molecular weight is 502 g/mol. The second-order valence-corrected chi connectivity index (χ2v) is 9.79. The summed E-state index contributed by atoms with van der Waals surface area (Å²) in [6, 6.07) is 24.2. The first kappa shape index (κ1) is 24.4. The van der Waals surface area contributed by atoms with Crippen molar-refractivity contribution in [3.05, 3.63) is 101 Å². The molecular formula is C30H32ClN3O2. The number of hydrogen-bond acceptors (Lipinski definition) is 3. The highest BCUT2D eigenvalue weighted by Gasteiger charge is 2.26. The molecule has 0 aliphatic carbocycles. The molecule has 1 N–H and O–H groups in total. The van der Waals surface area contributed by atoms with Gasteiger partial charge in [0.1, 0.15) is 12.4 Å². The van der Waals surface area contributed by atoms with E-state index in [1.807, 2.05) is 59.6 Å². The molecule has 0 spiro atoms. The van der Waals surface area contributed by atoms with Gasteiger partial charge in [-0.15, -0.1) is 0 Å². The smallest absolute Gasteiger partial charge is 0.223 e. The Morgan fingerprint density at radius 3 is 2.47 bits per heavy atom. The second-order valence-electron chi connectivity index (χ2n) is 9.35. The number of aromatic amines is 1. The van der Waals surface area contributed by atoms with E-state index in [0.29, 0.717) is 18.1 Å². The zero-order chi connectivity index (χ0) is 24.9. The van der Waals surface area contributed by atoms with E-state index in [-0.39, 0.29) is 11.8 Å². The van der Waals surface area contributed by atoms with E-state index in [9.17, 15) is 4.79 Å². The lowest BCUT2D eigenvalue weighted by Crippen LogP contribution is -2.48. The summed E-state index contributed by atoms with van der Waals surface area (Å²) in [6.45, 7) is 7.15. The monoisotopic (exact) mass is 501 g/mol. The number of amides is 1. The van der Waals surface area contributed by atoms with Crippen LogP contribution in [0.5, 0.6) is 5.75 Å². The molecule has 1 atom stereocenters. The largest absolute Gasteiger partial charge is 0.489 e. The van der Waals surface area contributed by atoms with E-state index >= 15 is 0 Å². The molecule has 4 aromatic rings. The molecule has 5 nitrogen and oxygen atoms in total. The van der Waals surface area contributed by atoms with Crippen LogP contribution in [0.15, 0.2) is 79.0 Å². The number of benzene rings is 3. The fourth-order valence-corrected chi connectivity index (χ4v) is 5.14. The zero-order valence-corrected chi connectivity index (χ0v) is 21.4. The van der Waals surface area contributed by atoms with Crippen molar-refractivity contribution in [2.24, 2.45) is 0 Å². The molecule has 36 heavy (non-hydrogen) atoms. The fraction of sp³-hybridized carbons (Fsp3) is 0.300. The van der Waals surface area contributed by atoms with Crippen molar-refractivity contribution in [3.63, 3.8) is 0 Å². The Hall–Kier alpha value is -3.28. The van der Waals surface area contributed by atoms with Crippen LogP contribution in [0.3, 0.4) is 0 Å². The molecule has 1 fully saturated rings. The van der Waals surface area contributed by atoms with Crippen molar-refractivity contribution >= 4 is 28.4 Å². The third kappa shape index (κ3) is 5.58. The van der Waals surface area contributed by atoms with Gasteiger partial charge in [0.15, 0.2) is 0 Å². The predicted molar refractivity (Wildman–Crippen MR) is 146 cm³/mol. The molecule has 0 bridgehead atoms. The van der Waals surface area contributed by atoms with E-state index in [4.69, 9.17) is 16.3 Å². The van der Waals surface area contributed by atoms with Crippen molar-refractivity contribution in [1.82, 2.24) is 14.8 Å². The van der Waals surface area contributed by atoms with E-state index in [1.54, 1.807) is 0 Å². The molecule has 3 aromatic carbocycles. The average Bonchev–Trinajstić information content (AvgIpc) is 3.34. The summed E-state index contributed by atoms with van der Waals surface area (Å²) in [4.78, 5) is 21.2. The van der Waals surface area contributed by atoms with Gasteiger partial charge in [-0.1, -0.05) is 61.0 Å². The third-order valence-corrected chi connectivity index (χ3v) is 7.37. The van der Waals surface area contributed by atoms with Crippen molar-refractivity contribution in [2.75, 3.05) is 32.7 Å². The Bertz CT molecular complexity index is 1300. The van der Waals surface area contributed by atoms with Crippen LogP contribution in [0, 0.1) is 0 Å². The number of likely N-dealkylation sites (N-methyl/N-ethyl adjacent to an activating group) is 1. The summed E-state index contributed by atoms with van der Waals surface area (Å²) in [5, 5.41) is 1.74. The summed E-state index contributed by atoms with van der Waals surface area (Å²) in [5.41, 5.74) is 4.32. The Kier molecular flexibility index (Phi) is 7.59. The highest BCUT2D eigenvalue weighted by atomic mass is 35.5. The normalized spacial score (nSPS) is 15.2. The van der Waals surface area contributed by atoms with Gasteiger partial charge in [0.05, 0.1) is 0 Å². The van der Waals surface area contributed by atoms with Gasteiger partial charge in [-0.05, 0) is 53.6 Å². The standard InChI is InChI=1S/C30H32ClN3O2/c1-2-33-14-16-34(17-15-33)30(35)19-26(28-20-32-29-13-10-24(31)18-27(28)29)23-8-11-25(12-9-23)36-21-22-6-4-3-5-7-22/h3-13,18,20,26,32H,2,14-17,19,21H2,1H3. The van der Waals surface area contributed by atoms with Crippen LogP contribution >= 0.6 is 11.6 Å². The van der Waals surface area contributed by atoms with Crippen LogP contribution in [0.25, 0.3) is 10.9 Å². The number of nitrogens with zero attached hydrogens (tertiary/aromatic N) is 2. The zero-order valence-electron chi connectivity index (χ0n) is 20.6. The molecule has 1 amide bonds. The summed E-state index contributed by atoms with van der Waals surface area (Å²) < 4.78 is 6.00. The number of ether oxygens (including phenoxy) is 1. The number of carbonyl (C=O) groups is 1. The Balaban J connectivity index is 1.39. The van der Waals surface area contributed by atoms with Crippen molar-refractivity contribution in [1.29, 1.82) is 0 Å². The number of H-pyrrole nitrogens is 1. The number of halogens is 1. The summed E-state index contributed by atoms with van der Waals surface area (Å²) in [6.07, 6.45) is 2.43. The number of aromatic nitrogens is 1. The predicted octanol–water partition coefficient (Wildman–Crippen LogP) is 6.09. The number of carbonyl (C=O) groups excluding carboxylic acids is 1. The highest BCUT2D eigenvalue weighted by Crippen LogP contribution is 2.36. The first-order chi connectivity index (χ1) is 17.6. The summed E-state index contributed by atoms with van der Waals surface area (Å²) >= 11 is 6.35. The van der Waals surface area contributed by atoms with Crippen LogP contribution in [0.1, 0.15) is 36.0 Å². The molecule has 1 saturated heterocycles. The van der Waals surface area contributed by atoms with Crippen molar-refractivity contribution in [3.8, 4) is 5.75 Å². The van der Waals surface area contributed by atoms with E-state index in [2.05, 4.69) is 41.1 Å². The molecule has 1 aliphatic heterocycles. The molecular weight excluding hydrogens is 470 g/mol. The van der Waals surface area contributed by atoms with Gasteiger partial charge >= 0.3 is 0 Å². The van der Waals surface area contributed by atoms with Crippen LogP contribution in [-0.4, -0.2) is 53.4 Å². The maximum atomic E-state index is 13.4. The first-order valence-corrected chi connectivity index (χ1v) is 13.0. The first-order valence-electron chi connectivity index (χ1n) is 12.6. The lowest BCUT2D eigenvalue weighted by atomic mass is 9.87. The Morgan fingerprint density at radius 1 is 1.00 bits per heavy atom. The quantitative estimate of drug-likeness (QED) is 0.318. The number of rotatable bonds is 8. The van der Waals surface area contributed by atoms with Crippen LogP contribution in [0.4, 0.5) is 0 Å². The molecule has 1 unspecified atom stereocenters. The summed E-state index contributed by atoms with van der Waals surface area (Å²) in [5.74, 6) is 0.916. The van der Waals surface area contributed by atoms with Gasteiger partial charge in [0.25, 0.3) is 0 Å². The van der Waals surface area contributed by atoms with Crippen LogP contribution in [-0.2, 0) is 11.4 Å². The van der Waals surface area contributed by atoms with Crippen LogP contribution in [0.2, 0.25) is 5.02 Å². The van der Waals surface area contributed by atoms with Gasteiger partial charge in [-0.3, -0.25) is 4.79 Å². The maximum absolute atomic E-state index is 13.4. The number of piperazine rings is 1. The minimum atomic E-state index is -0.0860. The van der Waals surface area contributed by atoms with Gasteiger partial charge in [0, 0.05) is 60.6 Å². The lowest BCUT2D eigenvalue weighted by molar-refractivity contribution is -0.133. The molecule has 2 heterocycles. The number of hydrogen-bond donors (Lipinski definition) is 1. The molecule has 1 aliphatic rings. The fourth-order valence-electron chi connectivity index (χ4n) is 4.96. The minimum absolute atomic E-state index is 0.0860. The highest BCUT2D eigenvalue weighted by molar-refractivity contribution is 6.31. The van der Waals surface area contributed by atoms with Gasteiger partial charge < -0.3 is 19.5 Å². The maximum Gasteiger partial charge on any atom is 0.223 e. The number of fused-ring (bicyclic) bond motifs is 1.